The van der Waals surface area contributed by atoms with Crippen molar-refractivity contribution in [2.45, 2.75) is 19.5 Å². The summed E-state index contributed by atoms with van der Waals surface area (Å²) in [5, 5.41) is 3.33. The zero-order chi connectivity index (χ0) is 19.6. The van der Waals surface area contributed by atoms with Crippen LogP contribution in [0.5, 0.6) is 5.75 Å². The number of benzene rings is 2. The predicted molar refractivity (Wildman–Crippen MR) is 97.7 cm³/mol. The van der Waals surface area contributed by atoms with E-state index in [4.69, 9.17) is 4.74 Å². The number of hydrogen-bond acceptors (Lipinski definition) is 4. The highest BCUT2D eigenvalue weighted by Gasteiger charge is 2.33. The second-order valence-electron chi connectivity index (χ2n) is 5.91. The average Bonchev–Trinajstić information content (AvgIpc) is 2.65. The summed E-state index contributed by atoms with van der Waals surface area (Å²) in [7, 11) is 1.29. The Hall–Kier alpha value is -3.03. The Bertz CT molecular complexity index is 1010. The first-order valence-electron chi connectivity index (χ1n) is 8.38. The molecule has 0 amide bonds. The lowest BCUT2D eigenvalue weighted by Gasteiger charge is -2.18. The molecule has 5 nitrogen and oxygen atoms in total. The Labute approximate surface area is 153 Å². The summed E-state index contributed by atoms with van der Waals surface area (Å²) in [6.45, 7) is 2.44. The van der Waals surface area contributed by atoms with Gasteiger partial charge in [0.05, 0.1) is 29.3 Å². The smallest absolute Gasteiger partial charge is 0.416 e. The summed E-state index contributed by atoms with van der Waals surface area (Å²) >= 11 is 0. The highest BCUT2D eigenvalue weighted by atomic mass is 19.4. The van der Waals surface area contributed by atoms with Gasteiger partial charge in [-0.05, 0) is 30.7 Å². The second-order valence-corrected chi connectivity index (χ2v) is 5.91. The van der Waals surface area contributed by atoms with Gasteiger partial charge in [-0.15, -0.1) is 0 Å². The quantitative estimate of drug-likeness (QED) is 0.723. The number of anilines is 1. The first-order chi connectivity index (χ1) is 12.9. The second kappa shape index (κ2) is 7.30. The number of halogens is 3. The van der Waals surface area contributed by atoms with Gasteiger partial charge in [0.2, 0.25) is 0 Å². The molecule has 0 aliphatic rings. The molecule has 0 bridgehead atoms. The van der Waals surface area contributed by atoms with E-state index in [-0.39, 0.29) is 17.1 Å². The van der Waals surface area contributed by atoms with Crippen molar-refractivity contribution < 1.29 is 17.9 Å². The number of fused-ring (bicyclic) bond motifs is 1. The number of nitrogens with one attached hydrogen (secondary N) is 1. The van der Waals surface area contributed by atoms with Crippen LogP contribution >= 0.6 is 0 Å². The van der Waals surface area contributed by atoms with Crippen molar-refractivity contribution in [3.05, 3.63) is 58.5 Å². The molecular weight excluding hydrogens is 359 g/mol. The van der Waals surface area contributed by atoms with Crippen LogP contribution < -0.4 is 15.7 Å². The summed E-state index contributed by atoms with van der Waals surface area (Å²) in [4.78, 5) is 16.7. The molecule has 1 N–H and O–H groups in total. The molecule has 0 aliphatic heterocycles. The van der Waals surface area contributed by atoms with Crippen LogP contribution in [0, 0.1) is 0 Å². The fraction of sp³-hybridized carbons (Fsp3) is 0.263. The minimum Gasteiger partial charge on any atom is -0.496 e. The SMILES string of the molecule is CCCNc1nc(=O)n(-c2ccccc2)c2cc(C(F)(F)F)cc(OC)c12. The summed E-state index contributed by atoms with van der Waals surface area (Å²) in [6.07, 6.45) is -3.83. The maximum atomic E-state index is 13.4. The van der Waals surface area contributed by atoms with Gasteiger partial charge >= 0.3 is 11.9 Å². The van der Waals surface area contributed by atoms with Crippen LogP contribution in [0.15, 0.2) is 47.3 Å². The van der Waals surface area contributed by atoms with Gasteiger partial charge in [0.15, 0.2) is 0 Å². The molecule has 0 radical (unpaired) electrons. The van der Waals surface area contributed by atoms with Gasteiger partial charge in [-0.2, -0.15) is 18.2 Å². The number of alkyl halides is 3. The van der Waals surface area contributed by atoms with Crippen LogP contribution in [-0.2, 0) is 6.18 Å². The number of hydrogen-bond donors (Lipinski definition) is 1. The van der Waals surface area contributed by atoms with Gasteiger partial charge in [0.25, 0.3) is 0 Å². The van der Waals surface area contributed by atoms with Gasteiger partial charge < -0.3 is 10.1 Å². The number of nitrogens with zero attached hydrogens (tertiary/aromatic N) is 2. The molecule has 0 atom stereocenters. The third-order valence-electron chi connectivity index (χ3n) is 4.06. The molecule has 3 aromatic rings. The topological polar surface area (TPSA) is 56.2 Å². The Morgan fingerprint density at radius 1 is 1.19 bits per heavy atom. The van der Waals surface area contributed by atoms with Gasteiger partial charge in [-0.25, -0.2) is 4.79 Å². The summed E-state index contributed by atoms with van der Waals surface area (Å²) in [5.41, 5.74) is -1.08. The summed E-state index contributed by atoms with van der Waals surface area (Å²) in [5.74, 6) is 0.199. The molecule has 0 saturated carbocycles. The molecule has 0 spiro atoms. The lowest BCUT2D eigenvalue weighted by atomic mass is 10.1. The van der Waals surface area contributed by atoms with Crippen LogP contribution in [-0.4, -0.2) is 23.2 Å². The summed E-state index contributed by atoms with van der Waals surface area (Å²) in [6, 6.07) is 10.3. The minimum absolute atomic E-state index is 0.00407. The van der Waals surface area contributed by atoms with Gasteiger partial charge in [-0.3, -0.25) is 4.57 Å². The first kappa shape index (κ1) is 18.8. The van der Waals surface area contributed by atoms with E-state index in [1.165, 1.54) is 7.11 Å². The maximum Gasteiger partial charge on any atom is 0.416 e. The lowest BCUT2D eigenvalue weighted by molar-refractivity contribution is -0.137. The van der Waals surface area contributed by atoms with E-state index in [2.05, 4.69) is 10.3 Å². The van der Waals surface area contributed by atoms with Crippen molar-refractivity contribution in [2.75, 3.05) is 19.0 Å². The molecular formula is C19H18F3N3O2. The van der Waals surface area contributed by atoms with E-state index >= 15 is 0 Å². The number of rotatable bonds is 5. The monoisotopic (exact) mass is 377 g/mol. The molecule has 0 aliphatic carbocycles. The molecule has 1 heterocycles. The minimum atomic E-state index is -4.58. The highest BCUT2D eigenvalue weighted by molar-refractivity contribution is 5.96. The van der Waals surface area contributed by atoms with Crippen LogP contribution in [0.1, 0.15) is 18.9 Å². The molecule has 8 heteroatoms. The van der Waals surface area contributed by atoms with E-state index in [0.29, 0.717) is 17.6 Å². The van der Waals surface area contributed by atoms with Crippen molar-refractivity contribution in [2.24, 2.45) is 0 Å². The van der Waals surface area contributed by atoms with E-state index in [0.717, 1.165) is 23.1 Å². The average molecular weight is 377 g/mol. The molecule has 1 aromatic heterocycles. The fourth-order valence-electron chi connectivity index (χ4n) is 2.84. The van der Waals surface area contributed by atoms with Crippen LogP contribution in [0.25, 0.3) is 16.6 Å². The Balaban J connectivity index is 2.45. The van der Waals surface area contributed by atoms with Crippen LogP contribution in [0.2, 0.25) is 0 Å². The fourth-order valence-corrected chi connectivity index (χ4v) is 2.84. The van der Waals surface area contributed by atoms with Crippen molar-refractivity contribution in [1.29, 1.82) is 0 Å². The zero-order valence-electron chi connectivity index (χ0n) is 14.8. The van der Waals surface area contributed by atoms with Crippen molar-refractivity contribution in [1.82, 2.24) is 9.55 Å². The maximum absolute atomic E-state index is 13.4. The molecule has 0 saturated heterocycles. The van der Waals surface area contributed by atoms with E-state index in [1.54, 1.807) is 30.3 Å². The van der Waals surface area contributed by atoms with Gasteiger partial charge in [0, 0.05) is 6.54 Å². The first-order valence-corrected chi connectivity index (χ1v) is 8.38. The highest BCUT2D eigenvalue weighted by Crippen LogP contribution is 2.38. The lowest BCUT2D eigenvalue weighted by Crippen LogP contribution is -2.24. The zero-order valence-corrected chi connectivity index (χ0v) is 14.8. The predicted octanol–water partition coefficient (Wildman–Crippen LogP) is 4.24. The number of ether oxygens (including phenoxy) is 1. The van der Waals surface area contributed by atoms with E-state index < -0.39 is 17.4 Å². The molecule has 0 unspecified atom stereocenters. The standard InChI is InChI=1S/C19H18F3N3O2/c1-3-9-23-17-16-14(10-12(19(20,21)22)11-15(16)27-2)25(18(26)24-17)13-7-5-4-6-8-13/h4-8,10-11H,3,9H2,1-2H3,(H,23,24,26). The van der Waals surface area contributed by atoms with Gasteiger partial charge in [0.1, 0.15) is 11.6 Å². The van der Waals surface area contributed by atoms with Gasteiger partial charge in [-0.1, -0.05) is 25.1 Å². The Morgan fingerprint density at radius 2 is 1.89 bits per heavy atom. The van der Waals surface area contributed by atoms with E-state index in [9.17, 15) is 18.0 Å². The Morgan fingerprint density at radius 3 is 2.48 bits per heavy atom. The molecule has 2 aromatic carbocycles. The van der Waals surface area contributed by atoms with Crippen molar-refractivity contribution in [3.8, 4) is 11.4 Å². The normalized spacial score (nSPS) is 11.6. The summed E-state index contributed by atoms with van der Waals surface area (Å²) < 4.78 is 46.6. The van der Waals surface area contributed by atoms with E-state index in [1.807, 2.05) is 6.92 Å². The van der Waals surface area contributed by atoms with Crippen molar-refractivity contribution in [3.63, 3.8) is 0 Å². The number of para-hydroxylation sites is 1. The third kappa shape index (κ3) is 3.60. The molecule has 3 rings (SSSR count). The molecule has 0 fully saturated rings. The van der Waals surface area contributed by atoms with Crippen LogP contribution in [0.4, 0.5) is 19.0 Å². The largest absolute Gasteiger partial charge is 0.496 e. The number of aromatic nitrogens is 2. The third-order valence-corrected chi connectivity index (χ3v) is 4.06. The van der Waals surface area contributed by atoms with Crippen molar-refractivity contribution >= 4 is 16.7 Å². The van der Waals surface area contributed by atoms with Crippen LogP contribution in [0.3, 0.4) is 0 Å². The molecule has 27 heavy (non-hydrogen) atoms. The Kier molecular flexibility index (Phi) is 5.07. The molecule has 142 valence electrons. The number of methoxy groups -OCH3 is 1.